The number of imidazole rings is 1. The van der Waals surface area contributed by atoms with Gasteiger partial charge >= 0.3 is 6.03 Å². The first kappa shape index (κ1) is 14.1. The minimum atomic E-state index is -0.150. The largest absolute Gasteiger partial charge is 0.371 e. The van der Waals surface area contributed by atoms with Crippen LogP contribution in [-0.2, 0) is 4.74 Å². The fourth-order valence-corrected chi connectivity index (χ4v) is 4.15. The number of hydrogen-bond donors (Lipinski definition) is 0. The van der Waals surface area contributed by atoms with Gasteiger partial charge in [0, 0.05) is 38.4 Å². The van der Waals surface area contributed by atoms with Gasteiger partial charge in [0.15, 0.2) is 0 Å². The third-order valence-corrected chi connectivity index (χ3v) is 5.32. The molecule has 2 atom stereocenters. The number of likely N-dealkylation sites (tertiary alicyclic amines) is 2. The van der Waals surface area contributed by atoms with Crippen molar-refractivity contribution in [2.75, 3.05) is 32.8 Å². The van der Waals surface area contributed by atoms with Crippen molar-refractivity contribution in [1.29, 1.82) is 0 Å². The Morgan fingerprint density at radius 1 is 1.18 bits per heavy atom. The molecule has 0 saturated carbocycles. The fourth-order valence-electron chi connectivity index (χ4n) is 4.15. The number of rotatable bonds is 1. The highest BCUT2D eigenvalue weighted by molar-refractivity contribution is 5.75. The van der Waals surface area contributed by atoms with Gasteiger partial charge in [-0.25, -0.2) is 9.78 Å². The van der Waals surface area contributed by atoms with Gasteiger partial charge in [-0.05, 0) is 25.7 Å². The lowest BCUT2D eigenvalue weighted by Gasteiger charge is -2.41. The molecule has 1 aromatic heterocycles. The summed E-state index contributed by atoms with van der Waals surface area (Å²) in [4.78, 5) is 20.8. The Hall–Kier alpha value is -1.56. The molecule has 1 aromatic rings. The molecule has 22 heavy (non-hydrogen) atoms. The second kappa shape index (κ2) is 5.57. The van der Waals surface area contributed by atoms with Crippen LogP contribution in [0.2, 0.25) is 0 Å². The summed E-state index contributed by atoms with van der Waals surface area (Å²) < 4.78 is 8.33. The van der Waals surface area contributed by atoms with E-state index in [2.05, 4.69) is 9.55 Å². The molecular formula is C16H24N4O2. The Labute approximate surface area is 131 Å². The second-order valence-corrected chi connectivity index (χ2v) is 6.86. The van der Waals surface area contributed by atoms with Crippen LogP contribution in [0.4, 0.5) is 4.79 Å². The van der Waals surface area contributed by atoms with E-state index in [-0.39, 0.29) is 11.6 Å². The zero-order valence-corrected chi connectivity index (χ0v) is 13.0. The van der Waals surface area contributed by atoms with Crippen LogP contribution < -0.4 is 0 Å². The van der Waals surface area contributed by atoms with Crippen molar-refractivity contribution in [2.24, 2.45) is 0 Å². The Kier molecular flexibility index (Phi) is 3.56. The number of carbonyl (C=O) groups excluding carboxylic acids is 1. The van der Waals surface area contributed by atoms with Crippen LogP contribution in [-0.4, -0.2) is 63.8 Å². The molecule has 120 valence electrons. The van der Waals surface area contributed by atoms with Crippen LogP contribution >= 0.6 is 0 Å². The van der Waals surface area contributed by atoms with E-state index in [1.54, 1.807) is 0 Å². The van der Waals surface area contributed by atoms with Gasteiger partial charge in [0.1, 0.15) is 0 Å². The summed E-state index contributed by atoms with van der Waals surface area (Å²) in [7, 11) is 0. The van der Waals surface area contributed by atoms with Gasteiger partial charge in [0.2, 0.25) is 0 Å². The van der Waals surface area contributed by atoms with E-state index >= 15 is 0 Å². The highest BCUT2D eigenvalue weighted by Gasteiger charge is 2.45. The van der Waals surface area contributed by atoms with E-state index in [1.165, 1.54) is 0 Å². The van der Waals surface area contributed by atoms with Crippen molar-refractivity contribution in [3.8, 4) is 0 Å². The van der Waals surface area contributed by atoms with Crippen molar-refractivity contribution < 1.29 is 9.53 Å². The van der Waals surface area contributed by atoms with Crippen LogP contribution in [0.25, 0.3) is 0 Å². The molecule has 3 fully saturated rings. The minimum absolute atomic E-state index is 0.150. The molecule has 6 heteroatoms. The number of aromatic nitrogens is 2. The first-order valence-corrected chi connectivity index (χ1v) is 8.41. The molecule has 6 nitrogen and oxygen atoms in total. The number of piperidine rings is 1. The summed E-state index contributed by atoms with van der Waals surface area (Å²) in [6.45, 7) is 4.17. The summed E-state index contributed by atoms with van der Waals surface area (Å²) >= 11 is 0. The second-order valence-electron chi connectivity index (χ2n) is 6.86. The fraction of sp³-hybridized carbons (Fsp3) is 0.750. The predicted octanol–water partition coefficient (Wildman–Crippen LogP) is 1.89. The van der Waals surface area contributed by atoms with E-state index in [1.807, 2.05) is 28.5 Å². The number of amides is 2. The number of nitrogens with zero attached hydrogens (tertiary/aromatic N) is 4. The van der Waals surface area contributed by atoms with Gasteiger partial charge in [-0.3, -0.25) is 0 Å². The summed E-state index contributed by atoms with van der Waals surface area (Å²) in [5.41, 5.74) is -0.150. The summed E-state index contributed by atoms with van der Waals surface area (Å²) in [6.07, 6.45) is 11.0. The molecule has 4 heterocycles. The highest BCUT2D eigenvalue weighted by Crippen LogP contribution is 2.39. The van der Waals surface area contributed by atoms with Crippen LogP contribution in [0, 0.1) is 0 Å². The topological polar surface area (TPSA) is 50.6 Å². The third-order valence-electron chi connectivity index (χ3n) is 5.32. The van der Waals surface area contributed by atoms with Crippen molar-refractivity contribution in [2.45, 2.75) is 43.7 Å². The molecule has 3 aliphatic rings. The SMILES string of the molecule is O=C(N1CCCC1)N1CCC[C@@]2(C[C@H](n3ccnc3)CO2)C1. The van der Waals surface area contributed by atoms with E-state index < -0.39 is 0 Å². The Morgan fingerprint density at radius 2 is 2.00 bits per heavy atom. The van der Waals surface area contributed by atoms with Gasteiger partial charge in [-0.1, -0.05) is 0 Å². The van der Waals surface area contributed by atoms with Crippen LogP contribution in [0.15, 0.2) is 18.7 Å². The smallest absolute Gasteiger partial charge is 0.320 e. The van der Waals surface area contributed by atoms with Crippen LogP contribution in [0.5, 0.6) is 0 Å². The van der Waals surface area contributed by atoms with Crippen LogP contribution in [0.1, 0.15) is 38.1 Å². The first-order chi connectivity index (χ1) is 10.8. The van der Waals surface area contributed by atoms with E-state index in [4.69, 9.17) is 4.74 Å². The van der Waals surface area contributed by atoms with E-state index in [0.29, 0.717) is 6.04 Å². The molecule has 2 amide bonds. The van der Waals surface area contributed by atoms with Crippen molar-refractivity contribution in [3.05, 3.63) is 18.7 Å². The van der Waals surface area contributed by atoms with Crippen molar-refractivity contribution in [1.82, 2.24) is 19.4 Å². The third kappa shape index (κ3) is 2.49. The van der Waals surface area contributed by atoms with Gasteiger partial charge in [-0.2, -0.15) is 0 Å². The maximum Gasteiger partial charge on any atom is 0.320 e. The lowest BCUT2D eigenvalue weighted by molar-refractivity contribution is -0.0437. The number of ether oxygens (including phenoxy) is 1. The maximum atomic E-state index is 12.6. The average molecular weight is 304 g/mol. The molecule has 0 radical (unpaired) electrons. The molecule has 0 N–H and O–H groups in total. The molecule has 0 unspecified atom stereocenters. The molecule has 0 aliphatic carbocycles. The normalized spacial score (nSPS) is 32.1. The van der Waals surface area contributed by atoms with E-state index in [0.717, 1.165) is 64.9 Å². The first-order valence-electron chi connectivity index (χ1n) is 8.41. The van der Waals surface area contributed by atoms with Crippen molar-refractivity contribution in [3.63, 3.8) is 0 Å². The summed E-state index contributed by atoms with van der Waals surface area (Å²) in [5, 5.41) is 0. The summed E-state index contributed by atoms with van der Waals surface area (Å²) in [5.74, 6) is 0. The highest BCUT2D eigenvalue weighted by atomic mass is 16.5. The van der Waals surface area contributed by atoms with Gasteiger partial charge < -0.3 is 19.1 Å². The Morgan fingerprint density at radius 3 is 2.77 bits per heavy atom. The lowest BCUT2D eigenvalue weighted by atomic mass is 9.89. The predicted molar refractivity (Wildman–Crippen MR) is 81.6 cm³/mol. The zero-order valence-electron chi connectivity index (χ0n) is 13.0. The number of carbonyl (C=O) groups is 1. The molecule has 0 bridgehead atoms. The number of urea groups is 1. The Bertz CT molecular complexity index is 526. The summed E-state index contributed by atoms with van der Waals surface area (Å²) in [6, 6.07) is 0.565. The van der Waals surface area contributed by atoms with Gasteiger partial charge in [-0.15, -0.1) is 0 Å². The molecule has 3 aliphatic heterocycles. The Balaban J connectivity index is 1.43. The van der Waals surface area contributed by atoms with Crippen molar-refractivity contribution >= 4 is 6.03 Å². The minimum Gasteiger partial charge on any atom is -0.371 e. The van der Waals surface area contributed by atoms with Crippen LogP contribution in [0.3, 0.4) is 0 Å². The monoisotopic (exact) mass is 304 g/mol. The molecule has 4 rings (SSSR count). The molecular weight excluding hydrogens is 280 g/mol. The molecule has 1 spiro atoms. The zero-order chi connectivity index (χ0) is 15.0. The van der Waals surface area contributed by atoms with Gasteiger partial charge in [0.25, 0.3) is 0 Å². The van der Waals surface area contributed by atoms with Gasteiger partial charge in [0.05, 0.1) is 31.1 Å². The standard InChI is InChI=1S/C16H24N4O2/c21-15(18-6-1-2-7-18)19-8-3-4-16(12-19)10-14(11-22-16)20-9-5-17-13-20/h5,9,13-14H,1-4,6-8,10-12H2/t14-,16+/m0/s1. The van der Waals surface area contributed by atoms with E-state index in [9.17, 15) is 4.79 Å². The lowest BCUT2D eigenvalue weighted by Crippen LogP contribution is -2.53. The molecule has 3 saturated heterocycles. The average Bonchev–Trinajstić information content (AvgIpc) is 3.28. The molecule has 0 aromatic carbocycles. The number of hydrogen-bond acceptors (Lipinski definition) is 3. The maximum absolute atomic E-state index is 12.6. The quantitative estimate of drug-likeness (QED) is 0.796.